The molecule has 0 aliphatic rings. The minimum absolute atomic E-state index is 0.818. The third-order valence-corrected chi connectivity index (χ3v) is 5.62. The number of para-hydroxylation sites is 1. The highest BCUT2D eigenvalue weighted by Crippen LogP contribution is 2.30. The van der Waals surface area contributed by atoms with Crippen LogP contribution in [0.25, 0.3) is 11.1 Å². The molecule has 0 heterocycles. The highest BCUT2D eigenvalue weighted by molar-refractivity contribution is 5.70. The number of ether oxygens (including phenoxy) is 1. The minimum Gasteiger partial charge on any atom is -0.493 e. The van der Waals surface area contributed by atoms with Gasteiger partial charge >= 0.3 is 0 Å². The van der Waals surface area contributed by atoms with Crippen LogP contribution in [0.4, 0.5) is 0 Å². The van der Waals surface area contributed by atoms with E-state index < -0.39 is 0 Å². The number of rotatable bonds is 14. The topological polar surface area (TPSA) is 9.23 Å². The molecule has 1 heteroatoms. The van der Waals surface area contributed by atoms with Gasteiger partial charge in [-0.1, -0.05) is 108 Å². The van der Waals surface area contributed by atoms with Crippen molar-refractivity contribution in [3.8, 4) is 16.9 Å². The van der Waals surface area contributed by atoms with E-state index in [-0.39, 0.29) is 0 Å². The van der Waals surface area contributed by atoms with Gasteiger partial charge in [-0.05, 0) is 42.4 Å². The number of aryl methyl sites for hydroxylation is 1. The molecule has 1 atom stereocenters. The van der Waals surface area contributed by atoms with E-state index in [1.54, 1.807) is 0 Å². The minimum atomic E-state index is 0.818. The van der Waals surface area contributed by atoms with Gasteiger partial charge in [0.05, 0.1) is 6.61 Å². The van der Waals surface area contributed by atoms with Crippen LogP contribution < -0.4 is 4.74 Å². The Morgan fingerprint density at radius 2 is 1.46 bits per heavy atom. The van der Waals surface area contributed by atoms with Crippen molar-refractivity contribution in [2.24, 2.45) is 5.92 Å². The molecule has 0 saturated carbocycles. The van der Waals surface area contributed by atoms with Crippen molar-refractivity contribution in [2.75, 3.05) is 6.61 Å². The molecular weight excluding hydrogens is 340 g/mol. The summed E-state index contributed by atoms with van der Waals surface area (Å²) in [7, 11) is 0. The largest absolute Gasteiger partial charge is 0.493 e. The van der Waals surface area contributed by atoms with E-state index >= 15 is 0 Å². The molecule has 0 saturated heterocycles. The van der Waals surface area contributed by atoms with Crippen LogP contribution in [-0.4, -0.2) is 6.61 Å². The normalized spacial score (nSPS) is 12.1. The Kier molecular flexibility index (Phi) is 10.8. The van der Waals surface area contributed by atoms with E-state index in [2.05, 4.69) is 69.3 Å². The third-order valence-electron chi connectivity index (χ3n) is 5.62. The van der Waals surface area contributed by atoms with Crippen LogP contribution in [0.1, 0.15) is 84.1 Å². The van der Waals surface area contributed by atoms with E-state index in [0.717, 1.165) is 31.1 Å². The molecule has 0 aliphatic carbocycles. The van der Waals surface area contributed by atoms with Crippen molar-refractivity contribution < 1.29 is 4.74 Å². The average molecular weight is 381 g/mol. The summed E-state index contributed by atoms with van der Waals surface area (Å²) in [5.41, 5.74) is 3.87. The SMILES string of the molecule is CCCCCC(CCC)CCCOc1ccccc1-c1ccc(CCC)cc1. The molecule has 28 heavy (non-hydrogen) atoms. The van der Waals surface area contributed by atoms with Crippen LogP contribution in [0.3, 0.4) is 0 Å². The maximum Gasteiger partial charge on any atom is 0.127 e. The predicted octanol–water partition coefficient (Wildman–Crippen LogP) is 8.46. The molecule has 0 N–H and O–H groups in total. The first kappa shape index (κ1) is 22.5. The van der Waals surface area contributed by atoms with Crippen LogP contribution in [0.5, 0.6) is 5.75 Å². The lowest BCUT2D eigenvalue weighted by Gasteiger charge is -2.17. The Hall–Kier alpha value is -1.76. The fraction of sp³-hybridized carbons (Fsp3) is 0.556. The number of hydrogen-bond donors (Lipinski definition) is 0. The molecule has 0 spiro atoms. The monoisotopic (exact) mass is 380 g/mol. The standard InChI is InChI=1S/C27H40O/c1-4-7-8-14-23(12-5-2)15-11-22-28-27-17-10-9-16-26(27)25-20-18-24(13-6-3)19-21-25/h9-10,16-21,23H,4-8,11-15,22H2,1-3H3. The van der Waals surface area contributed by atoms with Gasteiger partial charge in [-0.25, -0.2) is 0 Å². The molecule has 2 aromatic carbocycles. The fourth-order valence-corrected chi connectivity index (χ4v) is 4.05. The Morgan fingerprint density at radius 1 is 0.714 bits per heavy atom. The van der Waals surface area contributed by atoms with Gasteiger partial charge < -0.3 is 4.74 Å². The second-order valence-corrected chi connectivity index (χ2v) is 8.08. The Morgan fingerprint density at radius 3 is 2.18 bits per heavy atom. The molecule has 0 fully saturated rings. The van der Waals surface area contributed by atoms with Crippen molar-refractivity contribution >= 4 is 0 Å². The molecule has 1 nitrogen and oxygen atoms in total. The lowest BCUT2D eigenvalue weighted by Crippen LogP contribution is -2.05. The van der Waals surface area contributed by atoms with Gasteiger partial charge in [0, 0.05) is 5.56 Å². The van der Waals surface area contributed by atoms with Crippen LogP contribution in [-0.2, 0) is 6.42 Å². The lowest BCUT2D eigenvalue weighted by molar-refractivity contribution is 0.283. The van der Waals surface area contributed by atoms with Gasteiger partial charge in [-0.15, -0.1) is 0 Å². The number of benzene rings is 2. The first-order valence-corrected chi connectivity index (χ1v) is 11.6. The summed E-state index contributed by atoms with van der Waals surface area (Å²) in [5.74, 6) is 1.89. The Labute approximate surface area is 173 Å². The molecule has 0 aliphatic heterocycles. The maximum atomic E-state index is 6.22. The highest BCUT2D eigenvalue weighted by Gasteiger charge is 2.09. The Balaban J connectivity index is 1.88. The lowest BCUT2D eigenvalue weighted by atomic mass is 9.92. The first-order chi connectivity index (χ1) is 13.8. The zero-order valence-electron chi connectivity index (χ0n) is 18.4. The van der Waals surface area contributed by atoms with Crippen molar-refractivity contribution in [1.29, 1.82) is 0 Å². The molecule has 2 rings (SSSR count). The summed E-state index contributed by atoms with van der Waals surface area (Å²) in [6, 6.07) is 17.4. The molecule has 154 valence electrons. The van der Waals surface area contributed by atoms with Gasteiger partial charge in [0.25, 0.3) is 0 Å². The highest BCUT2D eigenvalue weighted by atomic mass is 16.5. The van der Waals surface area contributed by atoms with Gasteiger partial charge in [0.1, 0.15) is 5.75 Å². The van der Waals surface area contributed by atoms with Crippen molar-refractivity contribution in [1.82, 2.24) is 0 Å². The fourth-order valence-electron chi connectivity index (χ4n) is 4.05. The van der Waals surface area contributed by atoms with Crippen molar-refractivity contribution in [2.45, 2.75) is 85.0 Å². The molecule has 0 radical (unpaired) electrons. The van der Waals surface area contributed by atoms with E-state index in [1.807, 2.05) is 0 Å². The molecule has 0 bridgehead atoms. The predicted molar refractivity (Wildman–Crippen MR) is 123 cm³/mol. The number of hydrogen-bond acceptors (Lipinski definition) is 1. The van der Waals surface area contributed by atoms with Crippen molar-refractivity contribution in [3.63, 3.8) is 0 Å². The van der Waals surface area contributed by atoms with E-state index in [4.69, 9.17) is 4.74 Å². The molecule has 2 aromatic rings. The Bertz CT molecular complexity index is 644. The second kappa shape index (κ2) is 13.4. The number of unbranched alkanes of at least 4 members (excludes halogenated alkanes) is 2. The van der Waals surface area contributed by atoms with E-state index in [9.17, 15) is 0 Å². The first-order valence-electron chi connectivity index (χ1n) is 11.6. The zero-order valence-corrected chi connectivity index (χ0v) is 18.4. The van der Waals surface area contributed by atoms with Crippen LogP contribution in [0, 0.1) is 5.92 Å². The average Bonchev–Trinajstić information content (AvgIpc) is 2.72. The summed E-state index contributed by atoms with van der Waals surface area (Å²) in [5, 5.41) is 0. The molecule has 1 unspecified atom stereocenters. The molecule has 0 amide bonds. The van der Waals surface area contributed by atoms with Gasteiger partial charge in [-0.2, -0.15) is 0 Å². The third kappa shape index (κ3) is 7.70. The van der Waals surface area contributed by atoms with Crippen LogP contribution >= 0.6 is 0 Å². The van der Waals surface area contributed by atoms with E-state index in [0.29, 0.717) is 0 Å². The van der Waals surface area contributed by atoms with Crippen molar-refractivity contribution in [3.05, 3.63) is 54.1 Å². The van der Waals surface area contributed by atoms with Crippen LogP contribution in [0.2, 0.25) is 0 Å². The summed E-state index contributed by atoms with van der Waals surface area (Å²) in [4.78, 5) is 0. The summed E-state index contributed by atoms with van der Waals surface area (Å²) in [6.07, 6.45) is 12.9. The smallest absolute Gasteiger partial charge is 0.127 e. The van der Waals surface area contributed by atoms with Gasteiger partial charge in [0.2, 0.25) is 0 Å². The second-order valence-electron chi connectivity index (χ2n) is 8.08. The summed E-state index contributed by atoms with van der Waals surface area (Å²) in [6.45, 7) is 7.65. The van der Waals surface area contributed by atoms with E-state index in [1.165, 1.54) is 68.1 Å². The summed E-state index contributed by atoms with van der Waals surface area (Å²) >= 11 is 0. The quantitative estimate of drug-likeness (QED) is 0.299. The molecular formula is C27H40O. The van der Waals surface area contributed by atoms with Crippen LogP contribution in [0.15, 0.2) is 48.5 Å². The summed E-state index contributed by atoms with van der Waals surface area (Å²) < 4.78 is 6.22. The molecule has 0 aromatic heterocycles. The maximum absolute atomic E-state index is 6.22. The zero-order chi connectivity index (χ0) is 20.0. The van der Waals surface area contributed by atoms with Gasteiger partial charge in [0.15, 0.2) is 0 Å². The van der Waals surface area contributed by atoms with Gasteiger partial charge in [-0.3, -0.25) is 0 Å².